The van der Waals surface area contributed by atoms with E-state index < -0.39 is 0 Å². The van der Waals surface area contributed by atoms with Crippen molar-refractivity contribution in [1.82, 2.24) is 25.2 Å². The van der Waals surface area contributed by atoms with E-state index in [0.717, 1.165) is 54.6 Å². The number of ether oxygens (including phenoxy) is 1. The second kappa shape index (κ2) is 9.06. The number of nitrogens with zero attached hydrogens (tertiary/aromatic N) is 4. The van der Waals surface area contributed by atoms with Crippen LogP contribution >= 0.6 is 0 Å². The van der Waals surface area contributed by atoms with Gasteiger partial charge in [0.05, 0.1) is 31.8 Å². The predicted octanol–water partition coefficient (Wildman–Crippen LogP) is 1.13. The number of nitrogens with one attached hydrogen (secondary N) is 2. The minimum Gasteiger partial charge on any atom is -0.383 e. The lowest BCUT2D eigenvalue weighted by molar-refractivity contribution is -0.932. The number of methoxy groups -OCH3 is 1. The average molecular weight is 412 g/mol. The number of hydrogen-bond acceptors (Lipinski definition) is 5. The molecule has 0 saturated carbocycles. The van der Waals surface area contributed by atoms with Crippen molar-refractivity contribution in [2.45, 2.75) is 45.7 Å². The molecule has 8 heteroatoms. The number of piperidine rings is 1. The highest BCUT2D eigenvalue weighted by Gasteiger charge is 2.35. The van der Waals surface area contributed by atoms with Crippen LogP contribution in [0.3, 0.4) is 0 Å². The maximum atomic E-state index is 13.2. The van der Waals surface area contributed by atoms with E-state index in [1.165, 1.54) is 10.5 Å². The zero-order valence-electron chi connectivity index (χ0n) is 18.0. The van der Waals surface area contributed by atoms with E-state index in [2.05, 4.69) is 46.5 Å². The first kappa shape index (κ1) is 20.7. The molecule has 1 aliphatic heterocycles. The summed E-state index contributed by atoms with van der Waals surface area (Å²) in [5.74, 6) is 1.44. The lowest BCUT2D eigenvalue weighted by Gasteiger charge is -2.33. The Balaban J connectivity index is 1.82. The van der Waals surface area contributed by atoms with Crippen molar-refractivity contribution >= 4 is 10.9 Å². The van der Waals surface area contributed by atoms with E-state index in [1.807, 2.05) is 12.1 Å². The molecular formula is C22H31N6O2+. The van der Waals surface area contributed by atoms with E-state index in [4.69, 9.17) is 4.74 Å². The van der Waals surface area contributed by atoms with Gasteiger partial charge in [0.1, 0.15) is 0 Å². The topological polar surface area (TPSA) is 90.1 Å². The predicted molar refractivity (Wildman–Crippen MR) is 115 cm³/mol. The number of hydrogen-bond donors (Lipinski definition) is 2. The Morgan fingerprint density at radius 3 is 2.83 bits per heavy atom. The summed E-state index contributed by atoms with van der Waals surface area (Å²) >= 11 is 0. The molecule has 8 nitrogen and oxygen atoms in total. The molecule has 1 aromatic carbocycles. The zero-order valence-corrected chi connectivity index (χ0v) is 18.0. The minimum atomic E-state index is -0.206. The molecule has 0 aliphatic carbocycles. The molecule has 3 aromatic rings. The zero-order chi connectivity index (χ0) is 21.1. The standard InChI is InChI=1S/C22H30N6O2/c1-4-16-5-6-19-17(13-16)14-18(22(29)23-19)20(27-9-7-15(2)8-10-27)21-24-25-26-28(21)11-12-30-3/h5-6,13-15,20H,4,7-12H2,1-3H3,(H,23,29)/p+1/t20-/m1/s1. The molecule has 0 amide bonds. The molecule has 2 aromatic heterocycles. The number of aromatic nitrogens is 5. The molecule has 1 saturated heterocycles. The Bertz CT molecular complexity index is 1050. The Morgan fingerprint density at radius 1 is 1.30 bits per heavy atom. The summed E-state index contributed by atoms with van der Waals surface area (Å²) < 4.78 is 7.01. The van der Waals surface area contributed by atoms with Crippen molar-refractivity contribution in [3.8, 4) is 0 Å². The van der Waals surface area contributed by atoms with Crippen molar-refractivity contribution in [1.29, 1.82) is 0 Å². The highest BCUT2D eigenvalue weighted by molar-refractivity contribution is 5.79. The van der Waals surface area contributed by atoms with Gasteiger partial charge in [0.25, 0.3) is 5.56 Å². The van der Waals surface area contributed by atoms with E-state index in [1.54, 1.807) is 11.8 Å². The smallest absolute Gasteiger partial charge is 0.258 e. The van der Waals surface area contributed by atoms with Crippen molar-refractivity contribution in [3.63, 3.8) is 0 Å². The van der Waals surface area contributed by atoms with Crippen LogP contribution in [-0.2, 0) is 17.7 Å². The fourth-order valence-corrected chi connectivity index (χ4v) is 4.43. The Labute approximate surface area is 176 Å². The number of quaternary nitrogens is 1. The maximum Gasteiger partial charge on any atom is 0.258 e. The third kappa shape index (κ3) is 4.15. The summed E-state index contributed by atoms with van der Waals surface area (Å²) in [4.78, 5) is 17.6. The first-order valence-electron chi connectivity index (χ1n) is 10.9. The third-order valence-electron chi connectivity index (χ3n) is 6.31. The van der Waals surface area contributed by atoms with Crippen LogP contribution in [0, 0.1) is 5.92 Å². The molecule has 1 aliphatic rings. The van der Waals surface area contributed by atoms with Gasteiger partial charge in [-0.05, 0) is 64.8 Å². The molecule has 0 bridgehead atoms. The largest absolute Gasteiger partial charge is 0.383 e. The molecule has 2 N–H and O–H groups in total. The first-order valence-corrected chi connectivity index (χ1v) is 10.9. The quantitative estimate of drug-likeness (QED) is 0.608. The molecule has 0 radical (unpaired) electrons. The molecule has 30 heavy (non-hydrogen) atoms. The summed E-state index contributed by atoms with van der Waals surface area (Å²) in [5, 5.41) is 13.5. The molecule has 3 heterocycles. The average Bonchev–Trinajstić information content (AvgIpc) is 3.22. The van der Waals surface area contributed by atoms with Crippen LogP contribution in [0.15, 0.2) is 29.1 Å². The van der Waals surface area contributed by atoms with Gasteiger partial charge in [-0.3, -0.25) is 4.79 Å². The molecule has 0 unspecified atom stereocenters. The lowest BCUT2D eigenvalue weighted by atomic mass is 9.95. The highest BCUT2D eigenvalue weighted by atomic mass is 16.5. The molecule has 160 valence electrons. The summed E-state index contributed by atoms with van der Waals surface area (Å²) in [6, 6.07) is 8.05. The van der Waals surface area contributed by atoms with Crippen molar-refractivity contribution < 1.29 is 9.64 Å². The van der Waals surface area contributed by atoms with Gasteiger partial charge in [-0.25, -0.2) is 4.68 Å². The van der Waals surface area contributed by atoms with Gasteiger partial charge in [-0.1, -0.05) is 19.9 Å². The fraction of sp³-hybridized carbons (Fsp3) is 0.545. The van der Waals surface area contributed by atoms with Crippen molar-refractivity contribution in [2.75, 3.05) is 26.8 Å². The number of aromatic amines is 1. The third-order valence-corrected chi connectivity index (χ3v) is 6.31. The van der Waals surface area contributed by atoms with Gasteiger partial charge >= 0.3 is 0 Å². The van der Waals surface area contributed by atoms with E-state index in [-0.39, 0.29) is 11.6 Å². The first-order chi connectivity index (χ1) is 14.6. The van der Waals surface area contributed by atoms with Crippen LogP contribution in [0.4, 0.5) is 0 Å². The van der Waals surface area contributed by atoms with Gasteiger partial charge in [-0.2, -0.15) is 0 Å². The Hall–Kier alpha value is -2.58. The second-order valence-corrected chi connectivity index (χ2v) is 8.36. The van der Waals surface area contributed by atoms with Crippen LogP contribution in [0.5, 0.6) is 0 Å². The van der Waals surface area contributed by atoms with Crippen LogP contribution < -0.4 is 10.5 Å². The number of H-pyrrole nitrogens is 1. The van der Waals surface area contributed by atoms with Gasteiger partial charge < -0.3 is 14.6 Å². The van der Waals surface area contributed by atoms with Gasteiger partial charge in [0.15, 0.2) is 6.04 Å². The van der Waals surface area contributed by atoms with E-state index in [0.29, 0.717) is 19.1 Å². The molecule has 0 spiro atoms. The number of fused-ring (bicyclic) bond motifs is 1. The molecule has 1 fully saturated rings. The summed E-state index contributed by atoms with van der Waals surface area (Å²) in [5.41, 5.74) is 2.78. The van der Waals surface area contributed by atoms with Crippen LogP contribution in [0.2, 0.25) is 0 Å². The van der Waals surface area contributed by atoms with Crippen LogP contribution in [0.25, 0.3) is 10.9 Å². The Kier molecular flexibility index (Phi) is 6.24. The van der Waals surface area contributed by atoms with Crippen LogP contribution in [-0.4, -0.2) is 52.0 Å². The minimum absolute atomic E-state index is 0.0656. The van der Waals surface area contributed by atoms with Gasteiger partial charge in [-0.15, -0.1) is 5.10 Å². The number of aryl methyl sites for hydroxylation is 1. The number of tetrazole rings is 1. The SMILES string of the molecule is CCc1ccc2[nH]c(=O)c([C@H](c3nnnn3CCOC)[NH+]3CCC(C)CC3)cc2c1. The number of rotatable bonds is 7. The number of pyridine rings is 1. The van der Waals surface area contributed by atoms with Crippen molar-refractivity contribution in [3.05, 3.63) is 51.6 Å². The second-order valence-electron chi connectivity index (χ2n) is 8.36. The van der Waals surface area contributed by atoms with Crippen LogP contribution in [0.1, 0.15) is 49.7 Å². The normalized spacial score (nSPS) is 20.5. The fourth-order valence-electron chi connectivity index (χ4n) is 4.43. The molecule has 1 atom stereocenters. The molecular weight excluding hydrogens is 380 g/mol. The Morgan fingerprint density at radius 2 is 2.10 bits per heavy atom. The van der Waals surface area contributed by atoms with E-state index >= 15 is 0 Å². The van der Waals surface area contributed by atoms with Gasteiger partial charge in [0.2, 0.25) is 5.82 Å². The summed E-state index contributed by atoms with van der Waals surface area (Å²) in [6.45, 7) is 7.50. The lowest BCUT2D eigenvalue weighted by Crippen LogP contribution is -3.13. The number of likely N-dealkylation sites (tertiary alicyclic amines) is 1. The van der Waals surface area contributed by atoms with Crippen molar-refractivity contribution in [2.24, 2.45) is 5.92 Å². The highest BCUT2D eigenvalue weighted by Crippen LogP contribution is 2.21. The monoisotopic (exact) mass is 411 g/mol. The maximum absolute atomic E-state index is 13.2. The summed E-state index contributed by atoms with van der Waals surface area (Å²) in [7, 11) is 1.66. The van der Waals surface area contributed by atoms with E-state index in [9.17, 15) is 4.79 Å². The van der Waals surface area contributed by atoms with Gasteiger partial charge in [0, 0.05) is 12.6 Å². The summed E-state index contributed by atoms with van der Waals surface area (Å²) in [6.07, 6.45) is 3.23. The molecule has 4 rings (SSSR count). The number of benzene rings is 1.